The molecule has 0 aromatic heterocycles. The largest absolute Gasteiger partial charge is 0.462 e. The van der Waals surface area contributed by atoms with Gasteiger partial charge in [-0.2, -0.15) is 0 Å². The van der Waals surface area contributed by atoms with Crippen molar-refractivity contribution >= 4 is 82.0 Å². The molecule has 0 saturated carbocycles. The predicted octanol–water partition coefficient (Wildman–Crippen LogP) is 22.2. The van der Waals surface area contributed by atoms with E-state index in [2.05, 4.69) is 186 Å². The number of rotatable bonds is 28. The van der Waals surface area contributed by atoms with Crippen LogP contribution in [0, 0.1) is 23.7 Å². The first kappa shape index (κ1) is 104. The van der Waals surface area contributed by atoms with Crippen LogP contribution in [0.25, 0.3) is 0 Å². The molecular weight excluding hydrogens is 1630 g/mol. The van der Waals surface area contributed by atoms with Crippen molar-refractivity contribution in [3.8, 4) is 0 Å². The van der Waals surface area contributed by atoms with Gasteiger partial charge < -0.3 is 75.4 Å². The standard InChI is InChI=1S/C92H153NO19P4Si3/c1-26-54-99-86(96)81-78-57-72(103-87-84(108-85(95)70-48-50-71(51-49-70)91(20,21)22)82(93-88(97)100-55-27-2)83(69(19)102-87)112-119(32-7,33-8)64(13)14)47-45-43-41-39-37-35-34-36-38-40-42-44-46-65(15)66(16)67(17)68(18)101-80(94)59-74-56-73(104-89(105-74)115(24)113)52-53-76(110-117(28-3,29-4)62(9)10)77-58-75(106-90(107-77)116(25)114)60-92(98-23,109-78)61-79(81)111-118(30-5,31-6)63(11)12/h26-27,34-51,62-69,72-79,81-84,87,89-90H,1-2,28-33,52-61,113-114H2,3-25H3,(H,93,97)/b35-34+,38-36+,39-37+,42-40+,43-41+,46-44+,47-45+/t65-,66+,67+,68-,69+,72-,73+,74+,75?,76+,77+,78?,79-,81-,82-,83+,84-,87-,89?,90?,92+,115?,116?/m0/s1. The number of amides is 1. The summed E-state index contributed by atoms with van der Waals surface area (Å²) >= 11 is 0. The number of methoxy groups -OCH3 is 1. The smallest absolute Gasteiger partial charge is 0.407 e. The van der Waals surface area contributed by atoms with E-state index in [0.717, 1.165) is 41.8 Å². The molecular formula is C92H153NO19P4Si3. The second-order valence-electron chi connectivity index (χ2n) is 35.3. The van der Waals surface area contributed by atoms with Crippen LogP contribution in [0.15, 0.2) is 135 Å². The minimum absolute atomic E-state index is 0.0493. The second kappa shape index (κ2) is 50.1. The fraction of sp³-hybridized carbons (Fsp3) is 0.696. The summed E-state index contributed by atoms with van der Waals surface area (Å²) in [6.07, 6.45) is 22.2. The van der Waals surface area contributed by atoms with E-state index in [-0.39, 0.29) is 102 Å². The molecule has 4 fully saturated rings. The quantitative estimate of drug-likeness (QED) is 0.0271. The number of carbonyl (C=O) groups is 4. The topological polar surface area (TPSA) is 219 Å². The van der Waals surface area contributed by atoms with Crippen LogP contribution in [-0.4, -0.2) is 186 Å². The van der Waals surface area contributed by atoms with Gasteiger partial charge in [0.15, 0.2) is 55.2 Å². The van der Waals surface area contributed by atoms with Gasteiger partial charge >= 0.3 is 24.0 Å². The molecule has 6 bridgehead atoms. The summed E-state index contributed by atoms with van der Waals surface area (Å²) < 4.78 is 106. The fourth-order valence-electron chi connectivity index (χ4n) is 17.3. The van der Waals surface area contributed by atoms with Crippen molar-refractivity contribution in [3.63, 3.8) is 0 Å². The van der Waals surface area contributed by atoms with Crippen LogP contribution >= 0.6 is 33.1 Å². The van der Waals surface area contributed by atoms with Crippen LogP contribution in [0.3, 0.4) is 0 Å². The average molecular weight is 1790 g/mol. The number of benzene rings is 1. The normalized spacial score (nSPS) is 33.5. The summed E-state index contributed by atoms with van der Waals surface area (Å²) in [4.78, 5) is 59.4. The molecule has 5 aliphatic heterocycles. The highest BCUT2D eigenvalue weighted by Gasteiger charge is 2.58. The van der Waals surface area contributed by atoms with Crippen LogP contribution in [0.2, 0.25) is 52.9 Å². The first-order valence-corrected chi connectivity index (χ1v) is 58.2. The Balaban J connectivity index is 1.62. The zero-order valence-electron chi connectivity index (χ0n) is 76.4. The molecule has 20 nitrogen and oxygen atoms in total. The van der Waals surface area contributed by atoms with Crippen molar-refractivity contribution in [2.75, 3.05) is 33.7 Å². The summed E-state index contributed by atoms with van der Waals surface area (Å²) in [5.74, 6) is -3.62. The molecule has 5 aliphatic rings. The SMILES string of the molecule is C=CCOC(=O)N[C@@H]1[C@H](OC(=O)c2ccc(C(C)(C)C)cc2)[C@H](O[C@H]2/C=C/C=C/C=C/C=C/C=C/C=C/C=C/[C@H](C)[C@@H](C)[C@@H](C)[C@H](C)OC(=O)C[C@H]3C[C@@H](CC[C@@H](O[Si](CC)(CC)C(C)C)[C@H]4CC(C[C@]5(OC)C[C@H](O[Si](CC)(CC)C(C)C)[C@@H](C(=O)OCC=C)C(C2)O5)OC(P(C)P)O4)OC(P(C)P)O3)O[C@H](C)[C@H]1O[Si](CC)(CC)C(C)C. The zero-order chi connectivity index (χ0) is 88.2. The molecule has 0 aliphatic carbocycles. The first-order chi connectivity index (χ1) is 56.4. The van der Waals surface area contributed by atoms with Gasteiger partial charge in [0.25, 0.3) is 0 Å². The van der Waals surface area contributed by atoms with E-state index < -0.39 is 155 Å². The van der Waals surface area contributed by atoms with Gasteiger partial charge in [-0.05, 0) is 149 Å². The lowest BCUT2D eigenvalue weighted by Crippen LogP contribution is -2.68. The van der Waals surface area contributed by atoms with Gasteiger partial charge in [-0.25, -0.2) is 9.59 Å². The Morgan fingerprint density at radius 1 is 0.597 bits per heavy atom. The summed E-state index contributed by atoms with van der Waals surface area (Å²) in [6, 6.07) is 9.85. The minimum Gasteiger partial charge on any atom is -0.462 e. The minimum atomic E-state index is -2.75. The van der Waals surface area contributed by atoms with Gasteiger partial charge in [0.05, 0.1) is 73.0 Å². The van der Waals surface area contributed by atoms with Gasteiger partial charge in [0.1, 0.15) is 31.3 Å². The number of allylic oxidation sites excluding steroid dienone is 13. The molecule has 8 unspecified atom stereocenters. The number of hydrogen-bond donors (Lipinski definition) is 1. The van der Waals surface area contributed by atoms with Crippen molar-refractivity contribution in [2.45, 2.75) is 352 Å². The average Bonchev–Trinajstić information content (AvgIpc) is 0.749. The Hall–Kier alpha value is -3.51. The Labute approximate surface area is 726 Å². The maximum atomic E-state index is 15.7. The second-order valence-corrected chi connectivity index (χ2v) is 58.5. The molecule has 5 heterocycles. The molecule has 1 amide bonds. The lowest BCUT2D eigenvalue weighted by molar-refractivity contribution is -0.325. The van der Waals surface area contributed by atoms with Gasteiger partial charge in [-0.1, -0.05) is 247 Å². The number of ether oxygens (including phenoxy) is 12. The van der Waals surface area contributed by atoms with E-state index in [9.17, 15) is 9.59 Å². The van der Waals surface area contributed by atoms with E-state index >= 15 is 9.59 Å². The van der Waals surface area contributed by atoms with Crippen LogP contribution in [0.5, 0.6) is 0 Å². The molecule has 672 valence electrons. The molecule has 1 aromatic carbocycles. The third-order valence-electron chi connectivity index (χ3n) is 25.7. The number of hydrogen-bond acceptors (Lipinski definition) is 19. The fourth-order valence-corrected chi connectivity index (χ4v) is 30.4. The van der Waals surface area contributed by atoms with Crippen molar-refractivity contribution in [3.05, 3.63) is 146 Å². The Morgan fingerprint density at radius 3 is 1.62 bits per heavy atom. The molecule has 4 saturated heterocycles. The van der Waals surface area contributed by atoms with E-state index in [0.29, 0.717) is 25.7 Å². The van der Waals surface area contributed by atoms with Gasteiger partial charge in [0, 0.05) is 39.2 Å². The van der Waals surface area contributed by atoms with Crippen LogP contribution in [0.1, 0.15) is 206 Å². The molecule has 6 rings (SSSR count). The Morgan fingerprint density at radius 2 is 1.10 bits per heavy atom. The Bertz CT molecular complexity index is 3500. The maximum Gasteiger partial charge on any atom is 0.407 e. The number of carbonyl (C=O) groups excluding carboxylic acids is 4. The molecule has 1 N–H and O–H groups in total. The number of fused-ring (bicyclic) bond motifs is 6. The monoisotopic (exact) mass is 1780 g/mol. The van der Waals surface area contributed by atoms with Crippen molar-refractivity contribution in [2.24, 2.45) is 23.7 Å². The van der Waals surface area contributed by atoms with E-state index in [1.165, 1.54) is 6.08 Å². The summed E-state index contributed by atoms with van der Waals surface area (Å²) in [5.41, 5.74) is 1.60. The third-order valence-corrected chi connectivity index (χ3v) is 44.7. The highest BCUT2D eigenvalue weighted by Crippen LogP contribution is 2.54. The van der Waals surface area contributed by atoms with Crippen molar-refractivity contribution in [1.82, 2.24) is 5.32 Å². The van der Waals surface area contributed by atoms with E-state index in [1.807, 2.05) is 98.9 Å². The molecule has 1 aromatic rings. The third kappa shape index (κ3) is 30.1. The maximum absolute atomic E-state index is 15.7. The highest BCUT2D eigenvalue weighted by atomic mass is 32.0. The molecule has 119 heavy (non-hydrogen) atoms. The molecule has 0 radical (unpaired) electrons. The first-order valence-electron chi connectivity index (χ1n) is 44.1. The van der Waals surface area contributed by atoms with E-state index in [1.54, 1.807) is 25.3 Å². The van der Waals surface area contributed by atoms with E-state index in [4.69, 9.17) is 70.1 Å². The molecule has 0 spiro atoms. The Kier molecular flexibility index (Phi) is 43.9. The van der Waals surface area contributed by atoms with Crippen molar-refractivity contribution in [1.29, 1.82) is 0 Å². The van der Waals surface area contributed by atoms with Gasteiger partial charge in [-0.15, -0.1) is 17.9 Å². The number of cyclic esters (lactones) is 1. The summed E-state index contributed by atoms with van der Waals surface area (Å²) in [6.45, 7) is 55.0. The van der Waals surface area contributed by atoms with Gasteiger partial charge in [0.2, 0.25) is 0 Å². The molecule has 25 atom stereocenters. The number of alkyl carbamates (subject to hydrolysis) is 1. The zero-order valence-corrected chi connectivity index (χ0v) is 83.5. The lowest BCUT2D eigenvalue weighted by atomic mass is 9.82. The highest BCUT2D eigenvalue weighted by molar-refractivity contribution is 8.13. The van der Waals surface area contributed by atoms with Crippen LogP contribution in [-0.2, 0) is 85.1 Å². The predicted molar refractivity (Wildman–Crippen MR) is 497 cm³/mol. The summed E-state index contributed by atoms with van der Waals surface area (Å²) in [5, 5.41) is 3.12. The lowest BCUT2D eigenvalue weighted by Gasteiger charge is -2.52. The number of nitrogens with one attached hydrogen (secondary N) is 1. The summed E-state index contributed by atoms with van der Waals surface area (Å²) in [7, 11) is -2.15. The molecule has 27 heteroatoms. The number of esters is 3. The van der Waals surface area contributed by atoms with Gasteiger partial charge in [-0.3, -0.25) is 9.59 Å². The van der Waals surface area contributed by atoms with Crippen LogP contribution < -0.4 is 5.32 Å². The van der Waals surface area contributed by atoms with Crippen LogP contribution in [0.4, 0.5) is 4.79 Å². The van der Waals surface area contributed by atoms with Crippen molar-refractivity contribution < 1.29 is 89.3 Å².